The molecule has 3 amide bonds. The summed E-state index contributed by atoms with van der Waals surface area (Å²) in [6.07, 6.45) is 1.61. The molecule has 2 aromatic carbocycles. The van der Waals surface area contributed by atoms with Crippen LogP contribution in [0.3, 0.4) is 0 Å². The Kier molecular flexibility index (Phi) is 5.83. The zero-order valence-electron chi connectivity index (χ0n) is 18.4. The van der Waals surface area contributed by atoms with Gasteiger partial charge in [0.1, 0.15) is 11.5 Å². The van der Waals surface area contributed by atoms with E-state index in [1.165, 1.54) is 19.2 Å². The summed E-state index contributed by atoms with van der Waals surface area (Å²) in [7, 11) is 1.33. The van der Waals surface area contributed by atoms with Crippen LogP contribution in [-0.4, -0.2) is 34.5 Å². The molecule has 0 atom stereocenters. The predicted octanol–water partition coefficient (Wildman–Crippen LogP) is 4.11. The van der Waals surface area contributed by atoms with Gasteiger partial charge in [0, 0.05) is 22.6 Å². The van der Waals surface area contributed by atoms with Crippen LogP contribution in [-0.2, 0) is 16.1 Å². The number of urea groups is 1. The molecule has 1 N–H and O–H groups in total. The molecule has 4 rings (SSSR count). The highest BCUT2D eigenvalue weighted by atomic mass is 19.1. The number of hydrogen-bond donors (Lipinski definition) is 1. The number of aromatic nitrogens is 1. The third-order valence-corrected chi connectivity index (χ3v) is 5.57. The van der Waals surface area contributed by atoms with Gasteiger partial charge >= 0.3 is 12.0 Å². The highest BCUT2D eigenvalue weighted by molar-refractivity contribution is 6.14. The van der Waals surface area contributed by atoms with E-state index in [2.05, 4.69) is 5.32 Å². The maximum Gasteiger partial charge on any atom is 0.337 e. The molecule has 7 nitrogen and oxygen atoms in total. The molecular formula is C25H22FN3O4. The van der Waals surface area contributed by atoms with Gasteiger partial charge in [0.25, 0.3) is 5.91 Å². The Hall–Kier alpha value is -4.20. The number of ether oxygens (including phenoxy) is 1. The van der Waals surface area contributed by atoms with Gasteiger partial charge in [0.2, 0.25) is 0 Å². The fourth-order valence-corrected chi connectivity index (χ4v) is 3.86. The van der Waals surface area contributed by atoms with Gasteiger partial charge in [-0.05, 0) is 61.9 Å². The number of benzene rings is 2. The van der Waals surface area contributed by atoms with Gasteiger partial charge in [-0.25, -0.2) is 14.0 Å². The van der Waals surface area contributed by atoms with Gasteiger partial charge in [-0.1, -0.05) is 18.2 Å². The zero-order chi connectivity index (χ0) is 23.7. The number of methoxy groups -OCH3 is 1. The summed E-state index contributed by atoms with van der Waals surface area (Å²) >= 11 is 0. The first-order valence-corrected chi connectivity index (χ1v) is 10.3. The van der Waals surface area contributed by atoms with E-state index < -0.39 is 23.7 Å². The SMILES string of the molecule is COC(=O)c1ccc(-n2c(C)cc(/C=C3/NC(=O)N(Cc4ccccc4F)C3=O)c2C)cc1. The molecule has 0 aliphatic carbocycles. The number of imide groups is 1. The van der Waals surface area contributed by atoms with E-state index in [1.54, 1.807) is 30.3 Å². The number of esters is 1. The van der Waals surface area contributed by atoms with E-state index >= 15 is 0 Å². The first kappa shape index (κ1) is 22.0. The van der Waals surface area contributed by atoms with E-state index in [9.17, 15) is 18.8 Å². The predicted molar refractivity (Wildman–Crippen MR) is 120 cm³/mol. The van der Waals surface area contributed by atoms with Crippen molar-refractivity contribution < 1.29 is 23.5 Å². The summed E-state index contributed by atoms with van der Waals surface area (Å²) < 4.78 is 20.7. The molecule has 1 aliphatic heterocycles. The molecule has 8 heteroatoms. The van der Waals surface area contributed by atoms with Crippen molar-refractivity contribution in [1.82, 2.24) is 14.8 Å². The number of carbonyl (C=O) groups excluding carboxylic acids is 3. The lowest BCUT2D eigenvalue weighted by Crippen LogP contribution is -2.30. The van der Waals surface area contributed by atoms with Crippen LogP contribution in [0.1, 0.15) is 32.9 Å². The van der Waals surface area contributed by atoms with Gasteiger partial charge in [0.15, 0.2) is 0 Å². The first-order chi connectivity index (χ1) is 15.8. The summed E-state index contributed by atoms with van der Waals surface area (Å²) in [5.74, 6) is -1.41. The van der Waals surface area contributed by atoms with Crippen LogP contribution >= 0.6 is 0 Å². The number of halogens is 1. The summed E-state index contributed by atoms with van der Waals surface area (Å²) in [6, 6.07) is 14.3. The van der Waals surface area contributed by atoms with Crippen molar-refractivity contribution in [1.29, 1.82) is 0 Å². The van der Waals surface area contributed by atoms with Gasteiger partial charge in [-0.15, -0.1) is 0 Å². The van der Waals surface area contributed by atoms with E-state index in [0.29, 0.717) is 5.56 Å². The van der Waals surface area contributed by atoms with Gasteiger partial charge in [0.05, 0.1) is 19.2 Å². The number of rotatable bonds is 5. The second kappa shape index (κ2) is 8.74. The molecule has 1 fully saturated rings. The number of nitrogens with one attached hydrogen (secondary N) is 1. The lowest BCUT2D eigenvalue weighted by molar-refractivity contribution is -0.123. The van der Waals surface area contributed by atoms with E-state index in [1.807, 2.05) is 36.6 Å². The zero-order valence-corrected chi connectivity index (χ0v) is 18.4. The highest BCUT2D eigenvalue weighted by Gasteiger charge is 2.34. The third kappa shape index (κ3) is 4.15. The van der Waals surface area contributed by atoms with Crippen molar-refractivity contribution >= 4 is 24.0 Å². The van der Waals surface area contributed by atoms with Crippen molar-refractivity contribution in [3.8, 4) is 5.69 Å². The van der Waals surface area contributed by atoms with Crippen LogP contribution in [0.15, 0.2) is 60.3 Å². The molecule has 0 spiro atoms. The Morgan fingerprint density at radius 3 is 2.45 bits per heavy atom. The minimum atomic E-state index is -0.596. The second-order valence-corrected chi connectivity index (χ2v) is 7.67. The summed E-state index contributed by atoms with van der Waals surface area (Å²) in [6.45, 7) is 3.66. The highest BCUT2D eigenvalue weighted by Crippen LogP contribution is 2.25. The average molecular weight is 447 g/mol. The Morgan fingerprint density at radius 2 is 1.79 bits per heavy atom. The Bertz CT molecular complexity index is 1290. The van der Waals surface area contributed by atoms with Crippen molar-refractivity contribution in [3.63, 3.8) is 0 Å². The molecule has 0 bridgehead atoms. The van der Waals surface area contributed by atoms with Crippen LogP contribution in [0.25, 0.3) is 11.8 Å². The lowest BCUT2D eigenvalue weighted by Gasteiger charge is -2.12. The van der Waals surface area contributed by atoms with Crippen LogP contribution in [0, 0.1) is 19.7 Å². The average Bonchev–Trinajstić information content (AvgIpc) is 3.23. The monoisotopic (exact) mass is 447 g/mol. The fourth-order valence-electron chi connectivity index (χ4n) is 3.86. The maximum absolute atomic E-state index is 14.0. The van der Waals surface area contributed by atoms with Crippen molar-refractivity contribution in [3.05, 3.63) is 94.2 Å². The largest absolute Gasteiger partial charge is 0.465 e. The Labute approximate surface area is 190 Å². The minimum Gasteiger partial charge on any atom is -0.465 e. The van der Waals surface area contributed by atoms with Crippen LogP contribution in [0.5, 0.6) is 0 Å². The van der Waals surface area contributed by atoms with Crippen LogP contribution < -0.4 is 5.32 Å². The Morgan fingerprint density at radius 1 is 1.09 bits per heavy atom. The molecule has 2 heterocycles. The van der Waals surface area contributed by atoms with E-state index in [-0.39, 0.29) is 17.8 Å². The molecule has 1 saturated heterocycles. The second-order valence-electron chi connectivity index (χ2n) is 7.67. The molecule has 1 aromatic heterocycles. The molecule has 33 heavy (non-hydrogen) atoms. The van der Waals surface area contributed by atoms with Gasteiger partial charge < -0.3 is 14.6 Å². The first-order valence-electron chi connectivity index (χ1n) is 10.3. The van der Waals surface area contributed by atoms with Crippen molar-refractivity contribution in [2.24, 2.45) is 0 Å². The molecule has 1 aliphatic rings. The summed E-state index contributed by atoms with van der Waals surface area (Å²) in [5.41, 5.74) is 4.17. The standard InChI is InChI=1S/C25H22FN3O4/c1-15-12-19(16(2)29(15)20-10-8-17(9-11-20)24(31)33-3)13-22-23(30)28(25(32)27-22)14-18-6-4-5-7-21(18)26/h4-13H,14H2,1-3H3,(H,27,32)/b22-13+. The molecule has 0 radical (unpaired) electrons. The van der Waals surface area contributed by atoms with Crippen molar-refractivity contribution in [2.75, 3.05) is 7.11 Å². The molecule has 0 saturated carbocycles. The minimum absolute atomic E-state index is 0.123. The van der Waals surface area contributed by atoms with E-state index in [4.69, 9.17) is 4.74 Å². The van der Waals surface area contributed by atoms with E-state index in [0.717, 1.165) is 27.5 Å². The molecular weight excluding hydrogens is 425 g/mol. The number of carbonyl (C=O) groups is 3. The quantitative estimate of drug-likeness (QED) is 0.363. The third-order valence-electron chi connectivity index (χ3n) is 5.57. The smallest absolute Gasteiger partial charge is 0.337 e. The normalized spacial score (nSPS) is 14.7. The fraction of sp³-hybridized carbons (Fsp3) is 0.160. The molecule has 0 unspecified atom stereocenters. The Balaban J connectivity index is 1.61. The number of aryl methyl sites for hydroxylation is 1. The number of amides is 3. The number of nitrogens with zero attached hydrogens (tertiary/aromatic N) is 2. The van der Waals surface area contributed by atoms with Crippen LogP contribution in [0.2, 0.25) is 0 Å². The topological polar surface area (TPSA) is 80.6 Å². The summed E-state index contributed by atoms with van der Waals surface area (Å²) in [4.78, 5) is 37.9. The lowest BCUT2D eigenvalue weighted by atomic mass is 10.2. The van der Waals surface area contributed by atoms with Crippen molar-refractivity contribution in [2.45, 2.75) is 20.4 Å². The number of hydrogen-bond acceptors (Lipinski definition) is 4. The van der Waals surface area contributed by atoms with Gasteiger partial charge in [-0.2, -0.15) is 0 Å². The molecule has 168 valence electrons. The van der Waals surface area contributed by atoms with Crippen LogP contribution in [0.4, 0.5) is 9.18 Å². The molecule has 3 aromatic rings. The maximum atomic E-state index is 14.0. The van der Waals surface area contributed by atoms with Gasteiger partial charge in [-0.3, -0.25) is 9.69 Å². The summed E-state index contributed by atoms with van der Waals surface area (Å²) in [5, 5.41) is 2.58.